The van der Waals surface area contributed by atoms with E-state index in [1.54, 1.807) is 0 Å². The zero-order valence-electron chi connectivity index (χ0n) is 5.98. The summed E-state index contributed by atoms with van der Waals surface area (Å²) in [5.74, 6) is 0. The van der Waals surface area contributed by atoms with Crippen molar-refractivity contribution in [1.82, 2.24) is 5.32 Å². The minimum absolute atomic E-state index is 0. The van der Waals surface area contributed by atoms with Gasteiger partial charge in [-0.3, -0.25) is 0 Å². The predicted octanol–water partition coefficient (Wildman–Crippen LogP) is -0.930. The van der Waals surface area contributed by atoms with Crippen molar-refractivity contribution in [2.45, 2.75) is 6.29 Å². The first-order valence-electron chi connectivity index (χ1n) is 2.57. The molecule has 5 N–H and O–H groups in total. The summed E-state index contributed by atoms with van der Waals surface area (Å²) >= 11 is 0. The molecule has 0 aliphatic rings. The maximum atomic E-state index is 10.3. The molecule has 0 aliphatic heterocycles. The number of amides is 2. The third-order valence-electron chi connectivity index (χ3n) is 0.638. The molecule has 0 aromatic rings. The molecule has 2 amide bonds. The number of aliphatic hydroxyl groups excluding tert-OH is 1. The normalized spacial score (nSPS) is 10.4. The summed E-state index contributed by atoms with van der Waals surface area (Å²) in [6.07, 6.45) is -3.35. The van der Waals surface area contributed by atoms with Crippen LogP contribution in [0.15, 0.2) is 12.7 Å². The SMILES string of the molecule is C=CC(O)OC(=O)NC(=O)O.O. The van der Waals surface area contributed by atoms with Crippen LogP contribution in [0.2, 0.25) is 0 Å². The van der Waals surface area contributed by atoms with Gasteiger partial charge in [0.15, 0.2) is 0 Å². The highest BCUT2D eigenvalue weighted by Crippen LogP contribution is 1.87. The molecule has 1 atom stereocenters. The van der Waals surface area contributed by atoms with Crippen LogP contribution < -0.4 is 5.32 Å². The van der Waals surface area contributed by atoms with Crippen molar-refractivity contribution in [2.24, 2.45) is 0 Å². The van der Waals surface area contributed by atoms with Crippen molar-refractivity contribution < 1.29 is 30.0 Å². The average Bonchev–Trinajstić information content (AvgIpc) is 1.85. The lowest BCUT2D eigenvalue weighted by Crippen LogP contribution is -2.31. The molecular weight excluding hydrogens is 170 g/mol. The molecule has 12 heavy (non-hydrogen) atoms. The van der Waals surface area contributed by atoms with E-state index in [2.05, 4.69) is 11.3 Å². The second-order valence-corrected chi connectivity index (χ2v) is 1.46. The molecule has 0 bridgehead atoms. The predicted molar refractivity (Wildman–Crippen MR) is 37.5 cm³/mol. The van der Waals surface area contributed by atoms with Gasteiger partial charge in [0.1, 0.15) is 0 Å². The molecule has 0 saturated heterocycles. The van der Waals surface area contributed by atoms with Gasteiger partial charge in [0.25, 0.3) is 0 Å². The molecule has 0 spiro atoms. The van der Waals surface area contributed by atoms with Crippen LogP contribution in [0.3, 0.4) is 0 Å². The summed E-state index contributed by atoms with van der Waals surface area (Å²) in [4.78, 5) is 20.1. The van der Waals surface area contributed by atoms with Gasteiger partial charge in [0.05, 0.1) is 0 Å². The summed E-state index contributed by atoms with van der Waals surface area (Å²) in [6, 6.07) is 0. The zero-order valence-corrected chi connectivity index (χ0v) is 5.98. The first-order valence-corrected chi connectivity index (χ1v) is 2.57. The molecule has 1 unspecified atom stereocenters. The Bertz CT molecular complexity index is 179. The summed E-state index contributed by atoms with van der Waals surface area (Å²) in [6.45, 7) is 3.09. The van der Waals surface area contributed by atoms with E-state index in [-0.39, 0.29) is 5.48 Å². The lowest BCUT2D eigenvalue weighted by molar-refractivity contribution is -0.0147. The molecular formula is C5H9NO6. The largest absolute Gasteiger partial charge is 0.465 e. The van der Waals surface area contributed by atoms with Crippen molar-refractivity contribution in [1.29, 1.82) is 0 Å². The van der Waals surface area contributed by atoms with Crippen LogP contribution >= 0.6 is 0 Å². The molecule has 7 heteroatoms. The van der Waals surface area contributed by atoms with E-state index in [9.17, 15) is 9.59 Å². The monoisotopic (exact) mass is 179 g/mol. The third-order valence-corrected chi connectivity index (χ3v) is 0.638. The van der Waals surface area contributed by atoms with Crippen LogP contribution in [0.25, 0.3) is 0 Å². The number of aliphatic hydroxyl groups is 1. The molecule has 7 nitrogen and oxygen atoms in total. The topological polar surface area (TPSA) is 127 Å². The van der Waals surface area contributed by atoms with Crippen molar-refractivity contribution in [3.05, 3.63) is 12.7 Å². The average molecular weight is 179 g/mol. The minimum Gasteiger partial charge on any atom is -0.465 e. The van der Waals surface area contributed by atoms with Gasteiger partial charge in [-0.2, -0.15) is 0 Å². The molecule has 0 aliphatic carbocycles. The second kappa shape index (κ2) is 6.13. The van der Waals surface area contributed by atoms with Gasteiger partial charge >= 0.3 is 12.2 Å². The molecule has 0 heterocycles. The fourth-order valence-electron chi connectivity index (χ4n) is 0.275. The summed E-state index contributed by atoms with van der Waals surface area (Å²) in [5.41, 5.74) is 0. The summed E-state index contributed by atoms with van der Waals surface area (Å²) in [7, 11) is 0. The fraction of sp³-hybridized carbons (Fsp3) is 0.200. The van der Waals surface area contributed by atoms with Crippen molar-refractivity contribution in [3.63, 3.8) is 0 Å². The van der Waals surface area contributed by atoms with Crippen LogP contribution in [0.1, 0.15) is 0 Å². The zero-order chi connectivity index (χ0) is 8.85. The van der Waals surface area contributed by atoms with E-state index >= 15 is 0 Å². The summed E-state index contributed by atoms with van der Waals surface area (Å²) < 4.78 is 4.02. The van der Waals surface area contributed by atoms with Crippen LogP contribution in [0, 0.1) is 0 Å². The maximum absolute atomic E-state index is 10.3. The Balaban J connectivity index is 0. The standard InChI is InChI=1S/C5H7NO5.H2O/c1-2-3(7)11-5(10)6-4(8)9;/h2-3,7H,1H2,(H,6,10)(H,8,9);1H2. The lowest BCUT2D eigenvalue weighted by Gasteiger charge is -2.05. The van der Waals surface area contributed by atoms with Crippen LogP contribution in [0.4, 0.5) is 9.59 Å². The number of carboxylic acid groups (broad SMARTS) is 1. The molecule has 0 rings (SSSR count). The first kappa shape index (κ1) is 13.0. The highest BCUT2D eigenvalue weighted by molar-refractivity contribution is 5.86. The molecule has 0 aromatic carbocycles. The Morgan fingerprint density at radius 3 is 2.42 bits per heavy atom. The molecule has 0 aromatic heterocycles. The van der Waals surface area contributed by atoms with E-state index in [0.29, 0.717) is 0 Å². The van der Waals surface area contributed by atoms with E-state index in [0.717, 1.165) is 6.08 Å². The Hall–Kier alpha value is -1.60. The Labute approximate surface area is 67.6 Å². The van der Waals surface area contributed by atoms with Gasteiger partial charge in [-0.15, -0.1) is 0 Å². The molecule has 0 fully saturated rings. The number of ether oxygens (including phenoxy) is 1. The molecule has 70 valence electrons. The first-order chi connectivity index (χ1) is 5.06. The highest BCUT2D eigenvalue weighted by atomic mass is 16.6. The van der Waals surface area contributed by atoms with E-state index < -0.39 is 18.5 Å². The number of carbonyl (C=O) groups is 2. The lowest BCUT2D eigenvalue weighted by atomic mass is 10.6. The van der Waals surface area contributed by atoms with Crippen molar-refractivity contribution in [3.8, 4) is 0 Å². The van der Waals surface area contributed by atoms with Crippen molar-refractivity contribution in [2.75, 3.05) is 0 Å². The summed E-state index contributed by atoms with van der Waals surface area (Å²) in [5, 5.41) is 17.9. The third kappa shape index (κ3) is 6.52. The number of hydrogen-bond donors (Lipinski definition) is 3. The highest BCUT2D eigenvalue weighted by Gasteiger charge is 2.09. The Morgan fingerprint density at radius 2 is 2.08 bits per heavy atom. The number of hydrogen-bond acceptors (Lipinski definition) is 4. The van der Waals surface area contributed by atoms with Crippen LogP contribution in [-0.2, 0) is 4.74 Å². The minimum atomic E-state index is -1.55. The van der Waals surface area contributed by atoms with Gasteiger partial charge in [0.2, 0.25) is 6.29 Å². The van der Waals surface area contributed by atoms with Crippen molar-refractivity contribution >= 4 is 12.2 Å². The van der Waals surface area contributed by atoms with E-state index in [1.165, 1.54) is 5.32 Å². The van der Waals surface area contributed by atoms with E-state index in [1.807, 2.05) is 0 Å². The number of carbonyl (C=O) groups excluding carboxylic acids is 1. The van der Waals surface area contributed by atoms with Gasteiger partial charge in [0, 0.05) is 0 Å². The van der Waals surface area contributed by atoms with Gasteiger partial charge in [-0.1, -0.05) is 6.58 Å². The van der Waals surface area contributed by atoms with Gasteiger partial charge < -0.3 is 20.4 Å². The molecule has 0 radical (unpaired) electrons. The quantitative estimate of drug-likeness (QED) is 0.372. The Morgan fingerprint density at radius 1 is 1.58 bits per heavy atom. The number of imide groups is 1. The van der Waals surface area contributed by atoms with E-state index in [4.69, 9.17) is 10.2 Å². The fourth-order valence-corrected chi connectivity index (χ4v) is 0.275. The number of alkyl carbamates (subject to hydrolysis) is 1. The smallest absolute Gasteiger partial charge is 0.419 e. The van der Waals surface area contributed by atoms with Crippen LogP contribution in [-0.4, -0.2) is 34.2 Å². The van der Waals surface area contributed by atoms with Gasteiger partial charge in [-0.05, 0) is 6.08 Å². The Kier molecular flexibility index (Phi) is 6.66. The molecule has 0 saturated carbocycles. The van der Waals surface area contributed by atoms with Crippen LogP contribution in [0.5, 0.6) is 0 Å². The number of nitrogens with one attached hydrogen (secondary N) is 1. The van der Waals surface area contributed by atoms with Gasteiger partial charge in [-0.25, -0.2) is 14.9 Å². The maximum Gasteiger partial charge on any atom is 0.419 e. The number of rotatable bonds is 2. The second-order valence-electron chi connectivity index (χ2n) is 1.46.